The fraction of sp³-hybridized carbons (Fsp3) is 0.344. The van der Waals surface area contributed by atoms with Gasteiger partial charge in [-0.2, -0.15) is 0 Å². The Balaban J connectivity index is 1.80. The van der Waals surface area contributed by atoms with Crippen LogP contribution in [0, 0.1) is 31.3 Å². The average Bonchev–Trinajstić information content (AvgIpc) is 3.27. The van der Waals surface area contributed by atoms with Gasteiger partial charge in [0.2, 0.25) is 0 Å². The first kappa shape index (κ1) is 27.8. The molecule has 8 heteroatoms. The molecular formula is C32H32F3NO4. The SMILES string of the molecule is Cc1cc2c(ccn2Cc2ccc(F)c(F)c2)c(-c2cc(F)c3c(c2C)CCCO3)c1[C@H](OC(C)(C)C)C(=O)O. The van der Waals surface area contributed by atoms with Crippen molar-refractivity contribution in [3.8, 4) is 16.9 Å². The van der Waals surface area contributed by atoms with Crippen molar-refractivity contribution < 1.29 is 32.5 Å². The molecule has 1 aromatic heterocycles. The zero-order valence-corrected chi connectivity index (χ0v) is 23.2. The Bertz CT molecular complexity index is 1630. The van der Waals surface area contributed by atoms with Gasteiger partial charge < -0.3 is 19.1 Å². The van der Waals surface area contributed by atoms with Crippen molar-refractivity contribution in [2.75, 3.05) is 6.61 Å². The molecule has 1 atom stereocenters. The van der Waals surface area contributed by atoms with Crippen LogP contribution < -0.4 is 4.74 Å². The Hall–Kier alpha value is -3.78. The minimum absolute atomic E-state index is 0.245. The number of benzene rings is 3. The Morgan fingerprint density at radius 3 is 2.50 bits per heavy atom. The number of halogens is 3. The summed E-state index contributed by atoms with van der Waals surface area (Å²) in [6, 6.07) is 8.89. The van der Waals surface area contributed by atoms with Gasteiger partial charge in [-0.3, -0.25) is 0 Å². The van der Waals surface area contributed by atoms with Crippen molar-refractivity contribution in [2.24, 2.45) is 0 Å². The lowest BCUT2D eigenvalue weighted by Crippen LogP contribution is -2.28. The van der Waals surface area contributed by atoms with E-state index in [0.29, 0.717) is 46.2 Å². The summed E-state index contributed by atoms with van der Waals surface area (Å²) in [5.41, 5.74) is 4.36. The predicted octanol–water partition coefficient (Wildman–Crippen LogP) is 7.66. The van der Waals surface area contributed by atoms with Gasteiger partial charge in [-0.25, -0.2) is 18.0 Å². The van der Waals surface area contributed by atoms with E-state index in [4.69, 9.17) is 9.47 Å². The molecule has 0 spiro atoms. The maximum absolute atomic E-state index is 15.5. The van der Waals surface area contributed by atoms with E-state index in [9.17, 15) is 18.7 Å². The lowest BCUT2D eigenvalue weighted by atomic mass is 9.85. The van der Waals surface area contributed by atoms with Crippen LogP contribution >= 0.6 is 0 Å². The normalized spacial score (nSPS) is 14.2. The van der Waals surface area contributed by atoms with Gasteiger partial charge in [0.05, 0.1) is 12.2 Å². The van der Waals surface area contributed by atoms with Crippen molar-refractivity contribution >= 4 is 16.9 Å². The molecular weight excluding hydrogens is 519 g/mol. The van der Waals surface area contributed by atoms with E-state index in [1.807, 2.05) is 36.7 Å². The second-order valence-electron chi connectivity index (χ2n) is 11.3. The molecule has 0 aliphatic carbocycles. The second-order valence-corrected chi connectivity index (χ2v) is 11.3. The third-order valence-corrected chi connectivity index (χ3v) is 7.32. The third-order valence-electron chi connectivity index (χ3n) is 7.32. The number of carbonyl (C=O) groups is 1. The Morgan fingerprint density at radius 2 is 1.82 bits per heavy atom. The standard InChI is InChI=1S/C32H32F3NO4/c1-17-13-26-21(10-11-36(26)16-19-8-9-23(33)24(34)14-19)28(27(17)30(31(37)38)40-32(3,4)5)22-15-25(35)29-20(18(22)2)7-6-12-39-29/h8-11,13-15,30H,6-7,12,16H2,1-5H3,(H,37,38)/t30-/m0/s1. The van der Waals surface area contributed by atoms with Crippen LogP contribution in [0.15, 0.2) is 42.6 Å². The van der Waals surface area contributed by atoms with Crippen molar-refractivity contribution in [3.63, 3.8) is 0 Å². The molecule has 0 saturated carbocycles. The molecule has 0 bridgehead atoms. The van der Waals surface area contributed by atoms with Gasteiger partial charge in [0.1, 0.15) is 0 Å². The Morgan fingerprint density at radius 1 is 1.07 bits per heavy atom. The van der Waals surface area contributed by atoms with E-state index in [1.165, 1.54) is 12.1 Å². The molecule has 2 heterocycles. The lowest BCUT2D eigenvalue weighted by Gasteiger charge is -2.29. The number of hydrogen-bond donors (Lipinski definition) is 1. The third kappa shape index (κ3) is 5.08. The number of carboxylic acid groups (broad SMARTS) is 1. The van der Waals surface area contributed by atoms with Gasteiger partial charge in [-0.1, -0.05) is 6.07 Å². The lowest BCUT2D eigenvalue weighted by molar-refractivity contribution is -0.160. The number of aryl methyl sites for hydroxylation is 1. The van der Waals surface area contributed by atoms with Crippen molar-refractivity contribution in [1.82, 2.24) is 4.57 Å². The molecule has 5 rings (SSSR count). The molecule has 5 nitrogen and oxygen atoms in total. The van der Waals surface area contributed by atoms with E-state index in [2.05, 4.69) is 0 Å². The van der Waals surface area contributed by atoms with Gasteiger partial charge in [-0.05, 0) is 106 Å². The minimum atomic E-state index is -1.32. The Kier molecular flexibility index (Phi) is 7.17. The van der Waals surface area contributed by atoms with Crippen LogP contribution in [0.2, 0.25) is 0 Å². The quantitative estimate of drug-likeness (QED) is 0.267. The molecule has 4 aromatic rings. The maximum atomic E-state index is 15.5. The molecule has 0 unspecified atom stereocenters. The maximum Gasteiger partial charge on any atom is 0.337 e. The number of carboxylic acids is 1. The van der Waals surface area contributed by atoms with Crippen LogP contribution in [0.4, 0.5) is 13.2 Å². The number of aromatic nitrogens is 1. The van der Waals surface area contributed by atoms with Gasteiger partial charge >= 0.3 is 5.97 Å². The molecule has 210 valence electrons. The van der Waals surface area contributed by atoms with Gasteiger partial charge in [0, 0.05) is 34.8 Å². The highest BCUT2D eigenvalue weighted by Gasteiger charge is 2.33. The van der Waals surface area contributed by atoms with Gasteiger partial charge in [0.15, 0.2) is 29.3 Å². The zero-order chi connectivity index (χ0) is 28.9. The van der Waals surface area contributed by atoms with Crippen LogP contribution in [0.3, 0.4) is 0 Å². The summed E-state index contributed by atoms with van der Waals surface area (Å²) in [6.07, 6.45) is 1.90. The smallest absolute Gasteiger partial charge is 0.337 e. The molecule has 1 aliphatic heterocycles. The average molecular weight is 552 g/mol. The molecule has 3 aromatic carbocycles. The van der Waals surface area contributed by atoms with Crippen molar-refractivity contribution in [1.29, 1.82) is 0 Å². The number of aliphatic carboxylic acids is 1. The van der Waals surface area contributed by atoms with Gasteiger partial charge in [0.25, 0.3) is 0 Å². The summed E-state index contributed by atoms with van der Waals surface area (Å²) in [5.74, 6) is -3.26. The number of fused-ring (bicyclic) bond motifs is 2. The zero-order valence-electron chi connectivity index (χ0n) is 23.2. The fourth-order valence-electron chi connectivity index (χ4n) is 5.59. The largest absolute Gasteiger partial charge is 0.490 e. The molecule has 0 fully saturated rings. The topological polar surface area (TPSA) is 60.7 Å². The van der Waals surface area contributed by atoms with Gasteiger partial charge in [-0.15, -0.1) is 0 Å². The van der Waals surface area contributed by atoms with E-state index >= 15 is 4.39 Å². The number of hydrogen-bond acceptors (Lipinski definition) is 3. The van der Waals surface area contributed by atoms with Crippen molar-refractivity contribution in [3.05, 3.63) is 87.9 Å². The monoisotopic (exact) mass is 551 g/mol. The molecule has 0 amide bonds. The summed E-state index contributed by atoms with van der Waals surface area (Å²) in [4.78, 5) is 12.6. The summed E-state index contributed by atoms with van der Waals surface area (Å²) in [5, 5.41) is 11.0. The highest BCUT2D eigenvalue weighted by Crippen LogP contribution is 2.45. The molecule has 1 aliphatic rings. The van der Waals surface area contributed by atoms with E-state index in [-0.39, 0.29) is 12.3 Å². The first-order chi connectivity index (χ1) is 18.9. The molecule has 0 radical (unpaired) electrons. The first-order valence-corrected chi connectivity index (χ1v) is 13.3. The van der Waals surface area contributed by atoms with Crippen LogP contribution in [0.25, 0.3) is 22.0 Å². The summed E-state index contributed by atoms with van der Waals surface area (Å²) in [6.45, 7) is 9.77. The summed E-state index contributed by atoms with van der Waals surface area (Å²) in [7, 11) is 0. The Labute approximate surface area is 231 Å². The van der Waals surface area contributed by atoms with Crippen LogP contribution in [-0.4, -0.2) is 27.9 Å². The predicted molar refractivity (Wildman–Crippen MR) is 147 cm³/mol. The number of nitrogens with zero attached hydrogens (tertiary/aromatic N) is 1. The van der Waals surface area contributed by atoms with E-state index < -0.39 is 35.1 Å². The number of rotatable bonds is 6. The van der Waals surface area contributed by atoms with E-state index in [0.717, 1.165) is 35.2 Å². The molecule has 1 N–H and O–H groups in total. The fourth-order valence-corrected chi connectivity index (χ4v) is 5.59. The van der Waals surface area contributed by atoms with Crippen LogP contribution in [0.5, 0.6) is 5.75 Å². The summed E-state index contributed by atoms with van der Waals surface area (Å²) < 4.78 is 56.6. The van der Waals surface area contributed by atoms with Crippen LogP contribution in [-0.2, 0) is 22.5 Å². The second kappa shape index (κ2) is 10.3. The summed E-state index contributed by atoms with van der Waals surface area (Å²) >= 11 is 0. The van der Waals surface area contributed by atoms with E-state index in [1.54, 1.807) is 20.8 Å². The minimum Gasteiger partial charge on any atom is -0.490 e. The highest BCUT2D eigenvalue weighted by atomic mass is 19.2. The van der Waals surface area contributed by atoms with Crippen LogP contribution in [0.1, 0.15) is 61.1 Å². The van der Waals surface area contributed by atoms with Crippen molar-refractivity contribution in [2.45, 2.75) is 65.7 Å². The molecule has 0 saturated heterocycles. The number of ether oxygens (including phenoxy) is 2. The first-order valence-electron chi connectivity index (χ1n) is 13.3. The highest BCUT2D eigenvalue weighted by molar-refractivity contribution is 6.01. The molecule has 40 heavy (non-hydrogen) atoms.